The number of carbonyl (C=O) groups is 1. The Hall–Kier alpha value is -2.40. The van der Waals surface area contributed by atoms with E-state index < -0.39 is 0 Å². The number of nitrogen functional groups attached to an aromatic ring is 1. The topological polar surface area (TPSA) is 76.4 Å². The highest BCUT2D eigenvalue weighted by molar-refractivity contribution is 6.32. The number of methoxy groups -OCH3 is 1. The first-order chi connectivity index (χ1) is 10.9. The van der Waals surface area contributed by atoms with Gasteiger partial charge in [0.1, 0.15) is 5.75 Å². The van der Waals surface area contributed by atoms with E-state index in [9.17, 15) is 4.79 Å². The average Bonchev–Trinajstić information content (AvgIpc) is 2.48. The zero-order valence-electron chi connectivity index (χ0n) is 13.3. The molecule has 23 heavy (non-hydrogen) atoms. The second kappa shape index (κ2) is 7.24. The van der Waals surface area contributed by atoms with Crippen molar-refractivity contribution in [1.82, 2.24) is 5.32 Å². The van der Waals surface area contributed by atoms with E-state index in [1.165, 1.54) is 0 Å². The van der Waals surface area contributed by atoms with Gasteiger partial charge in [0.15, 0.2) is 0 Å². The summed E-state index contributed by atoms with van der Waals surface area (Å²) in [7, 11) is 1.56. The van der Waals surface area contributed by atoms with E-state index in [0.29, 0.717) is 27.7 Å². The molecular weight excluding hydrogens is 314 g/mol. The molecule has 5 nitrogen and oxygen atoms in total. The molecule has 6 heteroatoms. The summed E-state index contributed by atoms with van der Waals surface area (Å²) in [5.41, 5.74) is 8.52. The first-order valence-corrected chi connectivity index (χ1v) is 7.59. The standard InChI is InChI=1S/C17H20ClN3O2/c1-10(2)20-17(22)11-4-6-15(14(19)8-11)21-12-5-7-16(23-3)13(18)9-12/h4-10,21H,19H2,1-3H3,(H,20,22). The molecule has 0 saturated carbocycles. The molecule has 122 valence electrons. The quantitative estimate of drug-likeness (QED) is 0.727. The van der Waals surface area contributed by atoms with Gasteiger partial charge in [-0.15, -0.1) is 0 Å². The van der Waals surface area contributed by atoms with Gasteiger partial charge in [0.25, 0.3) is 5.91 Å². The normalized spacial score (nSPS) is 10.5. The smallest absolute Gasteiger partial charge is 0.251 e. The molecule has 0 spiro atoms. The molecule has 0 unspecified atom stereocenters. The fraction of sp³-hybridized carbons (Fsp3) is 0.235. The zero-order chi connectivity index (χ0) is 17.0. The second-order valence-electron chi connectivity index (χ2n) is 5.40. The Morgan fingerprint density at radius 1 is 1.22 bits per heavy atom. The molecule has 0 aliphatic carbocycles. The molecule has 2 rings (SSSR count). The Morgan fingerprint density at radius 2 is 1.96 bits per heavy atom. The Balaban J connectivity index is 2.18. The van der Waals surface area contributed by atoms with Crippen LogP contribution in [0.1, 0.15) is 24.2 Å². The number of hydrogen-bond donors (Lipinski definition) is 3. The number of ether oxygens (including phenoxy) is 1. The van der Waals surface area contributed by atoms with Crippen LogP contribution in [0.4, 0.5) is 17.1 Å². The largest absolute Gasteiger partial charge is 0.495 e. The molecule has 4 N–H and O–H groups in total. The summed E-state index contributed by atoms with van der Waals surface area (Å²) in [6.07, 6.45) is 0. The summed E-state index contributed by atoms with van der Waals surface area (Å²) in [4.78, 5) is 12.0. The van der Waals surface area contributed by atoms with Gasteiger partial charge in [0, 0.05) is 17.3 Å². The molecule has 1 amide bonds. The molecule has 0 atom stereocenters. The van der Waals surface area contributed by atoms with E-state index in [4.69, 9.17) is 22.1 Å². The monoisotopic (exact) mass is 333 g/mol. The van der Waals surface area contributed by atoms with Gasteiger partial charge in [-0.05, 0) is 50.2 Å². The lowest BCUT2D eigenvalue weighted by atomic mass is 10.1. The zero-order valence-corrected chi connectivity index (χ0v) is 14.1. The summed E-state index contributed by atoms with van der Waals surface area (Å²) in [5.74, 6) is 0.455. The van der Waals surface area contributed by atoms with Crippen molar-refractivity contribution in [2.24, 2.45) is 0 Å². The van der Waals surface area contributed by atoms with Gasteiger partial charge in [-0.2, -0.15) is 0 Å². The molecule has 0 aliphatic heterocycles. The van der Waals surface area contributed by atoms with Crippen molar-refractivity contribution >= 4 is 34.6 Å². The number of benzene rings is 2. The predicted octanol–water partition coefficient (Wildman–Crippen LogP) is 3.81. The number of anilines is 3. The fourth-order valence-electron chi connectivity index (χ4n) is 2.06. The molecule has 0 heterocycles. The molecule has 0 aliphatic rings. The van der Waals surface area contributed by atoms with Crippen molar-refractivity contribution in [3.8, 4) is 5.75 Å². The average molecular weight is 334 g/mol. The van der Waals surface area contributed by atoms with Gasteiger partial charge in [-0.25, -0.2) is 0 Å². The number of amides is 1. The van der Waals surface area contributed by atoms with Gasteiger partial charge in [0.05, 0.1) is 23.5 Å². The van der Waals surface area contributed by atoms with Crippen molar-refractivity contribution in [1.29, 1.82) is 0 Å². The SMILES string of the molecule is COc1ccc(Nc2ccc(C(=O)NC(C)C)cc2N)cc1Cl. The Labute approximate surface area is 140 Å². The maximum absolute atomic E-state index is 12.0. The van der Waals surface area contributed by atoms with Crippen molar-refractivity contribution < 1.29 is 9.53 Å². The molecule has 0 saturated heterocycles. The van der Waals surface area contributed by atoms with Crippen molar-refractivity contribution in [3.05, 3.63) is 47.0 Å². The molecule has 0 radical (unpaired) electrons. The summed E-state index contributed by atoms with van der Waals surface area (Å²) in [6.45, 7) is 3.81. The minimum absolute atomic E-state index is 0.0722. The molecular formula is C17H20ClN3O2. The van der Waals surface area contributed by atoms with E-state index in [-0.39, 0.29) is 11.9 Å². The highest BCUT2D eigenvalue weighted by Crippen LogP contribution is 2.30. The number of nitrogens with one attached hydrogen (secondary N) is 2. The van der Waals surface area contributed by atoms with Gasteiger partial charge >= 0.3 is 0 Å². The Kier molecular flexibility index (Phi) is 5.34. The Morgan fingerprint density at radius 3 is 2.52 bits per heavy atom. The minimum Gasteiger partial charge on any atom is -0.495 e. The van der Waals surface area contributed by atoms with Crippen molar-refractivity contribution in [2.75, 3.05) is 18.2 Å². The van der Waals surface area contributed by atoms with Crippen LogP contribution >= 0.6 is 11.6 Å². The van der Waals surface area contributed by atoms with Crippen LogP contribution in [-0.4, -0.2) is 19.1 Å². The number of rotatable bonds is 5. The van der Waals surface area contributed by atoms with Crippen LogP contribution in [0.25, 0.3) is 0 Å². The number of carbonyl (C=O) groups excluding carboxylic acids is 1. The predicted molar refractivity (Wildman–Crippen MR) is 94.7 cm³/mol. The van der Waals surface area contributed by atoms with Crippen molar-refractivity contribution in [2.45, 2.75) is 19.9 Å². The number of hydrogen-bond acceptors (Lipinski definition) is 4. The lowest BCUT2D eigenvalue weighted by Crippen LogP contribution is -2.30. The summed E-state index contributed by atoms with van der Waals surface area (Å²) in [6, 6.07) is 10.6. The van der Waals surface area contributed by atoms with Crippen LogP contribution in [-0.2, 0) is 0 Å². The summed E-state index contributed by atoms with van der Waals surface area (Å²) in [5, 5.41) is 6.51. The van der Waals surface area contributed by atoms with E-state index in [1.54, 1.807) is 37.4 Å². The molecule has 0 aromatic heterocycles. The van der Waals surface area contributed by atoms with Gasteiger partial charge in [0.2, 0.25) is 0 Å². The summed E-state index contributed by atoms with van der Waals surface area (Å²) < 4.78 is 5.12. The van der Waals surface area contributed by atoms with E-state index in [0.717, 1.165) is 5.69 Å². The second-order valence-corrected chi connectivity index (χ2v) is 5.81. The maximum atomic E-state index is 12.0. The van der Waals surface area contributed by atoms with Crippen LogP contribution in [0.15, 0.2) is 36.4 Å². The van der Waals surface area contributed by atoms with E-state index >= 15 is 0 Å². The van der Waals surface area contributed by atoms with Gasteiger partial charge < -0.3 is 21.1 Å². The molecule has 0 bridgehead atoms. The fourth-order valence-corrected chi connectivity index (χ4v) is 2.32. The van der Waals surface area contributed by atoms with Crippen LogP contribution in [0, 0.1) is 0 Å². The lowest BCUT2D eigenvalue weighted by Gasteiger charge is -2.13. The van der Waals surface area contributed by atoms with Crippen LogP contribution < -0.4 is 21.1 Å². The third kappa shape index (κ3) is 4.29. The number of nitrogens with two attached hydrogens (primary N) is 1. The minimum atomic E-state index is -0.147. The summed E-state index contributed by atoms with van der Waals surface area (Å²) >= 11 is 6.10. The highest BCUT2D eigenvalue weighted by atomic mass is 35.5. The maximum Gasteiger partial charge on any atom is 0.251 e. The van der Waals surface area contributed by atoms with Crippen LogP contribution in [0.5, 0.6) is 5.75 Å². The van der Waals surface area contributed by atoms with Crippen molar-refractivity contribution in [3.63, 3.8) is 0 Å². The van der Waals surface area contributed by atoms with E-state index in [2.05, 4.69) is 10.6 Å². The van der Waals surface area contributed by atoms with Crippen LogP contribution in [0.3, 0.4) is 0 Å². The Bertz CT molecular complexity index is 717. The van der Waals surface area contributed by atoms with Crippen LogP contribution in [0.2, 0.25) is 5.02 Å². The third-order valence-electron chi connectivity index (χ3n) is 3.16. The highest BCUT2D eigenvalue weighted by Gasteiger charge is 2.10. The molecule has 2 aromatic rings. The first kappa shape index (κ1) is 17.0. The first-order valence-electron chi connectivity index (χ1n) is 7.21. The lowest BCUT2D eigenvalue weighted by molar-refractivity contribution is 0.0943. The van der Waals surface area contributed by atoms with E-state index in [1.807, 2.05) is 19.9 Å². The third-order valence-corrected chi connectivity index (χ3v) is 3.46. The number of halogens is 1. The molecule has 2 aromatic carbocycles. The van der Waals surface area contributed by atoms with Gasteiger partial charge in [-0.3, -0.25) is 4.79 Å². The van der Waals surface area contributed by atoms with Gasteiger partial charge in [-0.1, -0.05) is 11.6 Å². The molecule has 0 fully saturated rings.